The molecule has 0 saturated heterocycles. The van der Waals surface area contributed by atoms with Crippen molar-refractivity contribution in [3.8, 4) is 5.75 Å². The van der Waals surface area contributed by atoms with E-state index in [0.717, 1.165) is 6.42 Å². The number of ether oxygens (including phenoxy) is 1. The predicted octanol–water partition coefficient (Wildman–Crippen LogP) is 1.89. The summed E-state index contributed by atoms with van der Waals surface area (Å²) in [7, 11) is -3.60. The van der Waals surface area contributed by atoms with E-state index in [1.165, 1.54) is 6.92 Å². The van der Waals surface area contributed by atoms with Crippen molar-refractivity contribution >= 4 is 32.9 Å². The van der Waals surface area contributed by atoms with E-state index >= 15 is 0 Å². The van der Waals surface area contributed by atoms with Gasteiger partial charge in [0.15, 0.2) is 0 Å². The fraction of sp³-hybridized carbons (Fsp3) is 0.417. The van der Waals surface area contributed by atoms with Crippen LogP contribution in [0.25, 0.3) is 0 Å². The number of nitrogens with one attached hydrogen (secondary N) is 1. The van der Waals surface area contributed by atoms with Crippen molar-refractivity contribution < 1.29 is 13.2 Å². The molecule has 1 aromatic carbocycles. The van der Waals surface area contributed by atoms with Gasteiger partial charge in [0.25, 0.3) is 0 Å². The lowest BCUT2D eigenvalue weighted by Gasteiger charge is -2.13. The van der Waals surface area contributed by atoms with Crippen molar-refractivity contribution in [3.05, 3.63) is 24.3 Å². The van der Waals surface area contributed by atoms with E-state index in [2.05, 4.69) is 16.9 Å². The van der Waals surface area contributed by atoms with Crippen LogP contribution in [0, 0.1) is 0 Å². The van der Waals surface area contributed by atoms with E-state index < -0.39 is 15.3 Å². The van der Waals surface area contributed by atoms with E-state index in [0.29, 0.717) is 18.0 Å². The molecule has 0 radical (unpaired) electrons. The summed E-state index contributed by atoms with van der Waals surface area (Å²) >= 11 is 4.69. The number of hydrogen-bond donors (Lipinski definition) is 2. The molecule has 0 fully saturated rings. The summed E-state index contributed by atoms with van der Waals surface area (Å²) in [5.41, 5.74) is 5.80. The highest BCUT2D eigenvalue weighted by atomic mass is 32.2. The zero-order chi connectivity index (χ0) is 14.5. The van der Waals surface area contributed by atoms with E-state index in [-0.39, 0.29) is 4.99 Å². The van der Waals surface area contributed by atoms with Crippen LogP contribution in [0.1, 0.15) is 20.3 Å². The Morgan fingerprint density at radius 1 is 1.42 bits per heavy atom. The minimum Gasteiger partial charge on any atom is -0.494 e. The van der Waals surface area contributed by atoms with Crippen LogP contribution in [0.3, 0.4) is 0 Å². The Hall–Kier alpha value is -1.34. The van der Waals surface area contributed by atoms with Gasteiger partial charge in [0.2, 0.25) is 10.0 Å². The summed E-state index contributed by atoms with van der Waals surface area (Å²) in [5, 5.41) is -0.918. The molecule has 0 amide bonds. The molecule has 7 heteroatoms. The maximum absolute atomic E-state index is 11.9. The van der Waals surface area contributed by atoms with E-state index in [4.69, 9.17) is 10.5 Å². The molecule has 0 aliphatic carbocycles. The minimum absolute atomic E-state index is 0.0598. The quantitative estimate of drug-likeness (QED) is 0.752. The SMILES string of the molecule is CCCOc1ccc(NS(=O)(=O)C(C)C(N)=S)cc1. The Kier molecular flexibility index (Phi) is 5.56. The standard InChI is InChI=1S/C12H18N2O3S2/c1-3-8-17-11-6-4-10(5-7-11)14-19(15,16)9(2)12(13)18/h4-7,9,14H,3,8H2,1-2H3,(H2,13,18). The van der Waals surface area contributed by atoms with Gasteiger partial charge in [0, 0.05) is 5.69 Å². The highest BCUT2D eigenvalue weighted by Gasteiger charge is 2.23. The molecule has 0 heterocycles. The lowest BCUT2D eigenvalue weighted by molar-refractivity contribution is 0.317. The number of thiocarbonyl (C=S) groups is 1. The average molecular weight is 302 g/mol. The smallest absolute Gasteiger partial charge is 0.241 e. The monoisotopic (exact) mass is 302 g/mol. The third-order valence-electron chi connectivity index (χ3n) is 2.45. The van der Waals surface area contributed by atoms with Gasteiger partial charge in [-0.25, -0.2) is 8.42 Å². The first-order chi connectivity index (χ1) is 8.86. The molecule has 1 aromatic rings. The number of nitrogens with two attached hydrogens (primary N) is 1. The van der Waals surface area contributed by atoms with Gasteiger partial charge in [-0.1, -0.05) is 19.1 Å². The molecule has 106 valence electrons. The third kappa shape index (κ3) is 4.68. The lowest BCUT2D eigenvalue weighted by atomic mass is 10.3. The summed E-state index contributed by atoms with van der Waals surface area (Å²) in [6, 6.07) is 6.68. The Morgan fingerprint density at radius 2 is 2.00 bits per heavy atom. The fourth-order valence-corrected chi connectivity index (χ4v) is 2.57. The largest absolute Gasteiger partial charge is 0.494 e. The predicted molar refractivity (Wildman–Crippen MR) is 81.0 cm³/mol. The van der Waals surface area contributed by atoms with Crippen LogP contribution in [0.2, 0.25) is 0 Å². The van der Waals surface area contributed by atoms with Crippen molar-refractivity contribution in [2.45, 2.75) is 25.5 Å². The number of anilines is 1. The number of sulfonamides is 1. The molecule has 5 nitrogen and oxygen atoms in total. The molecule has 0 aromatic heterocycles. The van der Waals surface area contributed by atoms with E-state index in [1.54, 1.807) is 24.3 Å². The van der Waals surface area contributed by atoms with Gasteiger partial charge in [0.1, 0.15) is 11.0 Å². The molecule has 0 aliphatic rings. The lowest BCUT2D eigenvalue weighted by Crippen LogP contribution is -2.35. The van der Waals surface area contributed by atoms with Crippen molar-refractivity contribution in [1.29, 1.82) is 0 Å². The van der Waals surface area contributed by atoms with Gasteiger partial charge in [-0.3, -0.25) is 4.72 Å². The van der Waals surface area contributed by atoms with Crippen molar-refractivity contribution in [3.63, 3.8) is 0 Å². The molecular formula is C12H18N2O3S2. The van der Waals surface area contributed by atoms with Gasteiger partial charge in [-0.15, -0.1) is 0 Å². The molecular weight excluding hydrogens is 284 g/mol. The van der Waals surface area contributed by atoms with Gasteiger partial charge in [0.05, 0.1) is 11.6 Å². The van der Waals surface area contributed by atoms with Crippen molar-refractivity contribution in [1.82, 2.24) is 0 Å². The zero-order valence-electron chi connectivity index (χ0n) is 10.9. The van der Waals surface area contributed by atoms with Gasteiger partial charge >= 0.3 is 0 Å². The summed E-state index contributed by atoms with van der Waals surface area (Å²) in [5.74, 6) is 0.701. The van der Waals surface area contributed by atoms with E-state index in [1.807, 2.05) is 6.92 Å². The van der Waals surface area contributed by atoms with Crippen LogP contribution < -0.4 is 15.2 Å². The first kappa shape index (κ1) is 15.7. The fourth-order valence-electron chi connectivity index (χ4n) is 1.24. The van der Waals surface area contributed by atoms with Crippen molar-refractivity contribution in [2.24, 2.45) is 5.73 Å². The Bertz CT molecular complexity index is 526. The molecule has 19 heavy (non-hydrogen) atoms. The molecule has 0 spiro atoms. The third-order valence-corrected chi connectivity index (χ3v) is 4.66. The van der Waals surface area contributed by atoms with Crippen LogP contribution in [-0.4, -0.2) is 25.3 Å². The minimum atomic E-state index is -3.60. The topological polar surface area (TPSA) is 81.4 Å². The van der Waals surface area contributed by atoms with Crippen LogP contribution >= 0.6 is 12.2 Å². The highest BCUT2D eigenvalue weighted by molar-refractivity contribution is 7.95. The van der Waals surface area contributed by atoms with Crippen LogP contribution in [0.15, 0.2) is 24.3 Å². The first-order valence-electron chi connectivity index (χ1n) is 5.90. The first-order valence-corrected chi connectivity index (χ1v) is 7.86. The van der Waals surface area contributed by atoms with Crippen molar-refractivity contribution in [2.75, 3.05) is 11.3 Å². The molecule has 0 bridgehead atoms. The number of benzene rings is 1. The van der Waals surface area contributed by atoms with Gasteiger partial charge < -0.3 is 10.5 Å². The Labute approximate surface area is 119 Å². The summed E-state index contributed by atoms with van der Waals surface area (Å²) in [4.78, 5) is -0.0598. The normalized spacial score (nSPS) is 12.7. The Balaban J connectivity index is 2.75. The summed E-state index contributed by atoms with van der Waals surface area (Å²) in [6.07, 6.45) is 0.917. The summed E-state index contributed by atoms with van der Waals surface area (Å²) < 4.78 is 31.6. The number of hydrogen-bond acceptors (Lipinski definition) is 4. The van der Waals surface area contributed by atoms with Crippen LogP contribution in [-0.2, 0) is 10.0 Å². The molecule has 1 atom stereocenters. The number of rotatable bonds is 7. The van der Waals surface area contributed by atoms with Gasteiger partial charge in [-0.05, 0) is 37.6 Å². The maximum Gasteiger partial charge on any atom is 0.241 e. The van der Waals surface area contributed by atoms with E-state index in [9.17, 15) is 8.42 Å². The zero-order valence-corrected chi connectivity index (χ0v) is 12.6. The van der Waals surface area contributed by atoms with Gasteiger partial charge in [-0.2, -0.15) is 0 Å². The second-order valence-corrected chi connectivity index (χ2v) is 6.54. The van der Waals surface area contributed by atoms with Crippen LogP contribution in [0.5, 0.6) is 5.75 Å². The second-order valence-electron chi connectivity index (χ2n) is 4.06. The average Bonchev–Trinajstić information content (AvgIpc) is 2.36. The summed E-state index contributed by atoms with van der Waals surface area (Å²) in [6.45, 7) is 4.09. The Morgan fingerprint density at radius 3 is 2.47 bits per heavy atom. The maximum atomic E-state index is 11.9. The molecule has 3 N–H and O–H groups in total. The molecule has 0 aliphatic heterocycles. The molecule has 0 saturated carbocycles. The molecule has 1 rings (SSSR count). The molecule has 1 unspecified atom stereocenters. The van der Waals surface area contributed by atoms with Crippen LogP contribution in [0.4, 0.5) is 5.69 Å². The highest BCUT2D eigenvalue weighted by Crippen LogP contribution is 2.18. The second kappa shape index (κ2) is 6.72.